The lowest BCUT2D eigenvalue weighted by Crippen LogP contribution is -2.30. The molecule has 0 saturated carbocycles. The Morgan fingerprint density at radius 3 is 2.26 bits per heavy atom. The van der Waals surface area contributed by atoms with Gasteiger partial charge in [0.1, 0.15) is 11.5 Å². The Morgan fingerprint density at radius 2 is 1.68 bits per heavy atom. The monoisotopic (exact) mass is 438 g/mol. The first-order valence-electron chi connectivity index (χ1n) is 10.5. The molecule has 164 valence electrons. The van der Waals surface area contributed by atoms with Gasteiger partial charge in [-0.05, 0) is 68.1 Å². The topological polar surface area (TPSA) is 60.5 Å². The molecule has 5 nitrogen and oxygen atoms in total. The van der Waals surface area contributed by atoms with Gasteiger partial charge in [-0.2, -0.15) is 0 Å². The van der Waals surface area contributed by atoms with E-state index in [4.69, 9.17) is 9.47 Å². The molecule has 0 bridgehead atoms. The van der Waals surface area contributed by atoms with E-state index in [1.54, 1.807) is 6.92 Å². The number of ether oxygens (including phenoxy) is 2. The van der Waals surface area contributed by atoms with Crippen molar-refractivity contribution >= 4 is 22.4 Å². The first kappa shape index (κ1) is 22.8. The fourth-order valence-corrected chi connectivity index (χ4v) is 3.93. The van der Waals surface area contributed by atoms with Crippen molar-refractivity contribution in [3.8, 4) is 22.8 Å². The molecule has 1 N–H and O–H groups in total. The summed E-state index contributed by atoms with van der Waals surface area (Å²) in [7, 11) is 0. The molecule has 0 fully saturated rings. The third-order valence-corrected chi connectivity index (χ3v) is 5.75. The molecule has 0 saturated heterocycles. The van der Waals surface area contributed by atoms with Crippen LogP contribution in [0.2, 0.25) is 0 Å². The number of amides is 1. The van der Waals surface area contributed by atoms with Crippen molar-refractivity contribution in [1.29, 1.82) is 0 Å². The highest BCUT2D eigenvalue weighted by Gasteiger charge is 2.19. The lowest BCUT2D eigenvalue weighted by Gasteiger charge is -2.20. The van der Waals surface area contributed by atoms with Crippen LogP contribution in [0.4, 0.5) is 5.13 Å². The van der Waals surface area contributed by atoms with Crippen LogP contribution in [-0.2, 0) is 10.2 Å². The van der Waals surface area contributed by atoms with E-state index < -0.39 is 6.10 Å². The maximum atomic E-state index is 12.6. The number of nitrogens with one attached hydrogen (secondary N) is 1. The van der Waals surface area contributed by atoms with E-state index in [1.165, 1.54) is 16.9 Å². The van der Waals surface area contributed by atoms with Gasteiger partial charge in [0.15, 0.2) is 11.2 Å². The molecule has 0 aliphatic rings. The molecule has 0 aliphatic heterocycles. The van der Waals surface area contributed by atoms with Crippen LogP contribution in [0.3, 0.4) is 0 Å². The van der Waals surface area contributed by atoms with Crippen LogP contribution < -0.4 is 14.8 Å². The summed E-state index contributed by atoms with van der Waals surface area (Å²) in [5.41, 5.74) is 3.14. The summed E-state index contributed by atoms with van der Waals surface area (Å²) in [6, 6.07) is 15.7. The summed E-state index contributed by atoms with van der Waals surface area (Å²) in [6.45, 7) is 12.8. The van der Waals surface area contributed by atoms with Crippen LogP contribution in [-0.4, -0.2) is 23.6 Å². The Balaban J connectivity index is 1.64. The van der Waals surface area contributed by atoms with Gasteiger partial charge in [-0.1, -0.05) is 32.9 Å². The minimum absolute atomic E-state index is 0.0747. The molecule has 0 radical (unpaired) electrons. The number of aryl methyl sites for hydroxylation is 1. The number of hydrogen-bond acceptors (Lipinski definition) is 5. The Bertz CT molecular complexity index is 1020. The average Bonchev–Trinajstić information content (AvgIpc) is 3.08. The predicted molar refractivity (Wildman–Crippen MR) is 127 cm³/mol. The van der Waals surface area contributed by atoms with Gasteiger partial charge in [-0.15, -0.1) is 11.3 Å². The molecular weight excluding hydrogens is 408 g/mol. The van der Waals surface area contributed by atoms with Crippen LogP contribution in [0.5, 0.6) is 11.5 Å². The molecular formula is C25H30N2O3S. The van der Waals surface area contributed by atoms with Gasteiger partial charge in [0.25, 0.3) is 5.91 Å². The van der Waals surface area contributed by atoms with E-state index in [0.717, 1.165) is 21.9 Å². The predicted octanol–water partition coefficient (Wildman–Crippen LogP) is 6.22. The van der Waals surface area contributed by atoms with E-state index in [2.05, 4.69) is 31.1 Å². The van der Waals surface area contributed by atoms with Gasteiger partial charge in [0, 0.05) is 10.4 Å². The fraction of sp³-hybridized carbons (Fsp3) is 0.360. The Kier molecular flexibility index (Phi) is 7.01. The average molecular weight is 439 g/mol. The number of rotatable bonds is 7. The molecule has 6 heteroatoms. The molecule has 1 heterocycles. The Hall–Kier alpha value is -2.86. The van der Waals surface area contributed by atoms with E-state index >= 15 is 0 Å². The third kappa shape index (κ3) is 5.85. The van der Waals surface area contributed by atoms with Crippen molar-refractivity contribution in [2.75, 3.05) is 11.9 Å². The van der Waals surface area contributed by atoms with Crippen molar-refractivity contribution in [2.45, 2.75) is 53.1 Å². The maximum absolute atomic E-state index is 12.6. The number of nitrogens with zero attached hydrogens (tertiary/aromatic N) is 1. The fourth-order valence-electron chi connectivity index (χ4n) is 3.09. The number of aromatic nitrogens is 1. The second-order valence-corrected chi connectivity index (χ2v) is 9.61. The smallest absolute Gasteiger partial charge is 0.266 e. The number of carbonyl (C=O) groups excluding carboxylic acids is 1. The van der Waals surface area contributed by atoms with Crippen molar-refractivity contribution in [1.82, 2.24) is 4.98 Å². The summed E-state index contributed by atoms with van der Waals surface area (Å²) in [5, 5.41) is 3.44. The minimum Gasteiger partial charge on any atom is -0.494 e. The molecule has 3 rings (SSSR count). The number of anilines is 1. The first-order chi connectivity index (χ1) is 14.7. The summed E-state index contributed by atoms with van der Waals surface area (Å²) in [5.74, 6) is 1.27. The van der Waals surface area contributed by atoms with Crippen molar-refractivity contribution < 1.29 is 14.3 Å². The van der Waals surface area contributed by atoms with E-state index in [9.17, 15) is 4.79 Å². The standard InChI is InChI=1S/C25H30N2O3S/c1-7-29-20-12-8-18(9-13-20)22-17(3)31-24(26-22)27-23(28)16(2)30-21-14-10-19(11-15-21)25(4,5)6/h8-16H,7H2,1-6H3,(H,26,27,28). The molecule has 1 atom stereocenters. The highest BCUT2D eigenvalue weighted by Crippen LogP contribution is 2.31. The number of benzene rings is 2. The summed E-state index contributed by atoms with van der Waals surface area (Å²) >= 11 is 1.45. The highest BCUT2D eigenvalue weighted by atomic mass is 32.1. The molecule has 3 aromatic rings. The molecule has 1 unspecified atom stereocenters. The van der Waals surface area contributed by atoms with Crippen molar-refractivity contribution in [2.24, 2.45) is 0 Å². The zero-order valence-corrected chi connectivity index (χ0v) is 19.8. The van der Waals surface area contributed by atoms with E-state index in [0.29, 0.717) is 17.5 Å². The lowest BCUT2D eigenvalue weighted by molar-refractivity contribution is -0.122. The molecule has 0 aliphatic carbocycles. The third-order valence-electron chi connectivity index (χ3n) is 4.87. The summed E-state index contributed by atoms with van der Waals surface area (Å²) in [4.78, 5) is 18.3. The number of hydrogen-bond donors (Lipinski definition) is 1. The molecule has 2 aromatic carbocycles. The van der Waals surface area contributed by atoms with E-state index in [-0.39, 0.29) is 11.3 Å². The van der Waals surface area contributed by atoms with Crippen LogP contribution >= 0.6 is 11.3 Å². The van der Waals surface area contributed by atoms with Crippen LogP contribution in [0.1, 0.15) is 45.1 Å². The lowest BCUT2D eigenvalue weighted by atomic mass is 9.87. The second-order valence-electron chi connectivity index (χ2n) is 8.40. The van der Waals surface area contributed by atoms with E-state index in [1.807, 2.05) is 62.4 Å². The van der Waals surface area contributed by atoms with Crippen LogP contribution in [0, 0.1) is 6.92 Å². The maximum Gasteiger partial charge on any atom is 0.266 e. The zero-order chi connectivity index (χ0) is 22.6. The molecule has 31 heavy (non-hydrogen) atoms. The van der Waals surface area contributed by atoms with Crippen molar-refractivity contribution in [3.63, 3.8) is 0 Å². The second kappa shape index (κ2) is 9.52. The van der Waals surface area contributed by atoms with Crippen molar-refractivity contribution in [3.05, 3.63) is 59.0 Å². The molecule has 1 aromatic heterocycles. The normalized spacial score (nSPS) is 12.3. The number of thiazole rings is 1. The van der Waals surface area contributed by atoms with Gasteiger partial charge in [-0.25, -0.2) is 4.98 Å². The largest absolute Gasteiger partial charge is 0.494 e. The summed E-state index contributed by atoms with van der Waals surface area (Å²) < 4.78 is 11.3. The SMILES string of the molecule is CCOc1ccc(-c2nc(NC(=O)C(C)Oc3ccc(C(C)(C)C)cc3)sc2C)cc1. The number of carbonyl (C=O) groups is 1. The van der Waals surface area contributed by atoms with Gasteiger partial charge in [0.05, 0.1) is 12.3 Å². The van der Waals surface area contributed by atoms with Gasteiger partial charge >= 0.3 is 0 Å². The highest BCUT2D eigenvalue weighted by molar-refractivity contribution is 7.16. The quantitative estimate of drug-likeness (QED) is 0.476. The van der Waals surface area contributed by atoms with Gasteiger partial charge in [0.2, 0.25) is 0 Å². The van der Waals surface area contributed by atoms with Crippen LogP contribution in [0.25, 0.3) is 11.3 Å². The molecule has 1 amide bonds. The summed E-state index contributed by atoms with van der Waals surface area (Å²) in [6.07, 6.45) is -0.640. The zero-order valence-electron chi connectivity index (χ0n) is 19.0. The van der Waals surface area contributed by atoms with Crippen LogP contribution in [0.15, 0.2) is 48.5 Å². The Labute approximate surface area is 188 Å². The van der Waals surface area contributed by atoms with Gasteiger partial charge < -0.3 is 9.47 Å². The molecule has 0 spiro atoms. The Morgan fingerprint density at radius 1 is 1.06 bits per heavy atom. The van der Waals surface area contributed by atoms with Gasteiger partial charge in [-0.3, -0.25) is 10.1 Å². The minimum atomic E-state index is -0.640. The first-order valence-corrected chi connectivity index (χ1v) is 11.3.